The minimum Gasteiger partial charge on any atom is -0.494 e. The van der Waals surface area contributed by atoms with Gasteiger partial charge in [-0.05, 0) is 24.6 Å². The number of aromatic hydroxyl groups is 1. The van der Waals surface area contributed by atoms with Crippen molar-refractivity contribution in [3.05, 3.63) is 41.4 Å². The molecule has 0 aliphatic carbocycles. The van der Waals surface area contributed by atoms with Gasteiger partial charge >= 0.3 is 0 Å². The maximum atomic E-state index is 12.6. The van der Waals surface area contributed by atoms with Gasteiger partial charge in [-0.2, -0.15) is 4.98 Å². The highest BCUT2D eigenvalue weighted by Gasteiger charge is 2.16. The molecular weight excluding hydrogens is 335 g/mol. The second-order valence-corrected chi connectivity index (χ2v) is 5.53. The van der Waals surface area contributed by atoms with E-state index in [1.165, 1.54) is 17.7 Å². The number of benzene rings is 1. The van der Waals surface area contributed by atoms with Gasteiger partial charge in [-0.3, -0.25) is 4.79 Å². The fourth-order valence-electron chi connectivity index (χ4n) is 2.51. The number of ketones is 1. The lowest BCUT2D eigenvalue weighted by Gasteiger charge is -2.10. The normalized spacial score (nSPS) is 11.0. The number of aromatic nitrogens is 3. The topological polar surface area (TPSA) is 80.0 Å². The van der Waals surface area contributed by atoms with Gasteiger partial charge in [-0.1, -0.05) is 12.1 Å². The molecule has 0 bridgehead atoms. The van der Waals surface area contributed by atoms with E-state index in [9.17, 15) is 14.3 Å². The summed E-state index contributed by atoms with van der Waals surface area (Å²) in [6.07, 6.45) is 3.00. The number of hydrogen-bond donors (Lipinski definition) is 2. The van der Waals surface area contributed by atoms with E-state index >= 15 is 0 Å². The van der Waals surface area contributed by atoms with Crippen LogP contribution in [0.2, 0.25) is 5.28 Å². The lowest BCUT2D eigenvalue weighted by Crippen LogP contribution is -2.04. The van der Waals surface area contributed by atoms with E-state index < -0.39 is 6.67 Å². The third kappa shape index (κ3) is 2.90. The Balaban J connectivity index is 2.11. The summed E-state index contributed by atoms with van der Waals surface area (Å²) in [7, 11) is 0. The van der Waals surface area contributed by atoms with Crippen molar-refractivity contribution in [2.24, 2.45) is 0 Å². The third-order valence-electron chi connectivity index (χ3n) is 3.60. The average Bonchev–Trinajstić information content (AvgIpc) is 2.85. The van der Waals surface area contributed by atoms with Crippen LogP contribution in [0.25, 0.3) is 10.8 Å². The molecule has 2 heterocycles. The molecule has 1 aromatic carbocycles. The van der Waals surface area contributed by atoms with Gasteiger partial charge in [0.1, 0.15) is 12.5 Å². The number of rotatable bonds is 5. The summed E-state index contributed by atoms with van der Waals surface area (Å²) in [6, 6.07) is 5.30. The molecule has 124 valence electrons. The van der Waals surface area contributed by atoms with E-state index in [0.29, 0.717) is 11.1 Å². The molecule has 2 N–H and O–H groups in total. The number of carbonyl (C=O) groups is 1. The predicted molar refractivity (Wildman–Crippen MR) is 89.9 cm³/mol. The van der Waals surface area contributed by atoms with E-state index in [-0.39, 0.29) is 34.9 Å². The fraction of sp³-hybridized carbons (Fsp3) is 0.188. The summed E-state index contributed by atoms with van der Waals surface area (Å²) in [5.74, 6) is -0.0384. The van der Waals surface area contributed by atoms with Crippen LogP contribution in [0.4, 0.5) is 15.9 Å². The molecule has 2 aromatic heterocycles. The monoisotopic (exact) mass is 348 g/mol. The van der Waals surface area contributed by atoms with Crippen LogP contribution in [0.5, 0.6) is 5.88 Å². The van der Waals surface area contributed by atoms with E-state index in [1.807, 2.05) is 0 Å². The Hall–Kier alpha value is -2.67. The Kier molecular flexibility index (Phi) is 4.35. The van der Waals surface area contributed by atoms with E-state index in [2.05, 4.69) is 15.3 Å². The molecule has 6 nitrogen and oxygen atoms in total. The van der Waals surface area contributed by atoms with Gasteiger partial charge in [0.05, 0.1) is 23.2 Å². The highest BCUT2D eigenvalue weighted by atomic mass is 35.5. The lowest BCUT2D eigenvalue weighted by atomic mass is 10.1. The van der Waals surface area contributed by atoms with Crippen LogP contribution in [0, 0.1) is 0 Å². The Bertz CT molecular complexity index is 926. The van der Waals surface area contributed by atoms with E-state index in [1.54, 1.807) is 24.4 Å². The predicted octanol–water partition coefficient (Wildman–Crippen LogP) is 3.71. The van der Waals surface area contributed by atoms with Gasteiger partial charge in [0.15, 0.2) is 5.78 Å². The summed E-state index contributed by atoms with van der Waals surface area (Å²) in [4.78, 5) is 19.6. The van der Waals surface area contributed by atoms with Crippen molar-refractivity contribution < 1.29 is 14.3 Å². The zero-order chi connectivity index (χ0) is 17.3. The molecule has 3 rings (SSSR count). The van der Waals surface area contributed by atoms with Crippen LogP contribution < -0.4 is 5.32 Å². The number of nitrogens with one attached hydrogen (secondary N) is 1. The quantitative estimate of drug-likeness (QED) is 0.542. The summed E-state index contributed by atoms with van der Waals surface area (Å²) < 4.78 is 14.0. The Labute approximate surface area is 141 Å². The fourth-order valence-corrected chi connectivity index (χ4v) is 2.64. The molecule has 0 fully saturated rings. The molecule has 0 saturated heterocycles. The van der Waals surface area contributed by atoms with Crippen LogP contribution >= 0.6 is 11.6 Å². The van der Waals surface area contributed by atoms with Crippen molar-refractivity contribution in [3.8, 4) is 5.88 Å². The molecule has 0 atom stereocenters. The van der Waals surface area contributed by atoms with Crippen molar-refractivity contribution in [1.82, 2.24) is 14.5 Å². The number of nitrogens with zero attached hydrogens (tertiary/aromatic N) is 3. The Morgan fingerprint density at radius 1 is 1.46 bits per heavy atom. The van der Waals surface area contributed by atoms with Crippen molar-refractivity contribution in [1.29, 1.82) is 0 Å². The molecule has 0 unspecified atom stereocenters. The zero-order valence-corrected chi connectivity index (χ0v) is 13.5. The minimum absolute atomic E-state index is 0.00565. The third-order valence-corrected chi connectivity index (χ3v) is 3.79. The van der Waals surface area contributed by atoms with Crippen molar-refractivity contribution in [2.75, 3.05) is 12.0 Å². The molecule has 0 radical (unpaired) electrons. The number of alkyl halides is 1. The van der Waals surface area contributed by atoms with Gasteiger partial charge in [-0.15, -0.1) is 0 Å². The van der Waals surface area contributed by atoms with Gasteiger partial charge in [0.2, 0.25) is 11.2 Å². The minimum atomic E-state index is -0.590. The standard InChI is InChI=1S/C16H14ClFN4O2/c1-9(23)11-7-19-16(17)21-14(11)20-12-4-2-3-10-8-22(6-5-18)15(24)13(10)12/h2-4,7-8,24H,5-6H2,1H3,(H,19,20,21). The first-order chi connectivity index (χ1) is 11.5. The van der Waals surface area contributed by atoms with Crippen LogP contribution in [0.3, 0.4) is 0 Å². The first-order valence-electron chi connectivity index (χ1n) is 7.18. The van der Waals surface area contributed by atoms with Gasteiger partial charge in [0, 0.05) is 17.8 Å². The number of carbonyl (C=O) groups excluding carboxylic acids is 1. The molecule has 0 saturated carbocycles. The number of anilines is 2. The van der Waals surface area contributed by atoms with Gasteiger partial charge in [-0.25, -0.2) is 9.37 Å². The number of halogens is 2. The molecule has 0 aliphatic rings. The van der Waals surface area contributed by atoms with Gasteiger partial charge in [0.25, 0.3) is 0 Å². The Morgan fingerprint density at radius 2 is 2.25 bits per heavy atom. The number of aryl methyl sites for hydroxylation is 1. The van der Waals surface area contributed by atoms with Crippen LogP contribution in [0.1, 0.15) is 17.3 Å². The average molecular weight is 349 g/mol. The van der Waals surface area contributed by atoms with Gasteiger partial charge < -0.3 is 15.0 Å². The SMILES string of the molecule is CC(=O)c1cnc(Cl)nc1Nc1cccc2cn(CCF)c(O)c12. The number of fused-ring (bicyclic) bond motifs is 1. The smallest absolute Gasteiger partial charge is 0.224 e. The maximum absolute atomic E-state index is 12.6. The second kappa shape index (κ2) is 6.45. The molecule has 0 aliphatic heterocycles. The molecule has 0 spiro atoms. The molecular formula is C16H14ClFN4O2. The number of hydrogen-bond acceptors (Lipinski definition) is 5. The van der Waals surface area contributed by atoms with Crippen LogP contribution in [0.15, 0.2) is 30.6 Å². The van der Waals surface area contributed by atoms with Crippen molar-refractivity contribution >= 4 is 39.7 Å². The van der Waals surface area contributed by atoms with Crippen molar-refractivity contribution in [3.63, 3.8) is 0 Å². The molecule has 0 amide bonds. The van der Waals surface area contributed by atoms with Crippen LogP contribution in [-0.4, -0.2) is 32.1 Å². The lowest BCUT2D eigenvalue weighted by molar-refractivity contribution is 0.101. The first kappa shape index (κ1) is 16.2. The van der Waals surface area contributed by atoms with Crippen LogP contribution in [-0.2, 0) is 6.54 Å². The molecule has 24 heavy (non-hydrogen) atoms. The summed E-state index contributed by atoms with van der Waals surface area (Å²) in [5.41, 5.74) is 0.805. The van der Waals surface area contributed by atoms with Crippen molar-refractivity contribution in [2.45, 2.75) is 13.5 Å². The highest BCUT2D eigenvalue weighted by Crippen LogP contribution is 2.35. The first-order valence-corrected chi connectivity index (χ1v) is 7.56. The summed E-state index contributed by atoms with van der Waals surface area (Å²) >= 11 is 5.81. The molecule has 8 heteroatoms. The Morgan fingerprint density at radius 3 is 2.96 bits per heavy atom. The largest absolute Gasteiger partial charge is 0.494 e. The molecule has 3 aromatic rings. The number of Topliss-reactive ketones (excluding diaryl/α,β-unsaturated/α-hetero) is 1. The highest BCUT2D eigenvalue weighted by molar-refractivity contribution is 6.28. The summed E-state index contributed by atoms with van der Waals surface area (Å²) in [5, 5.41) is 14.6. The summed E-state index contributed by atoms with van der Waals surface area (Å²) in [6.45, 7) is 0.860. The van der Waals surface area contributed by atoms with E-state index in [4.69, 9.17) is 11.6 Å². The second-order valence-electron chi connectivity index (χ2n) is 5.19. The maximum Gasteiger partial charge on any atom is 0.224 e. The zero-order valence-electron chi connectivity index (χ0n) is 12.8. The van der Waals surface area contributed by atoms with E-state index in [0.717, 1.165) is 5.39 Å².